The lowest BCUT2D eigenvalue weighted by Crippen LogP contribution is -2.30. The van der Waals surface area contributed by atoms with Gasteiger partial charge in [-0.05, 0) is 55.8 Å². The van der Waals surface area contributed by atoms with Gasteiger partial charge in [0.2, 0.25) is 0 Å². The molecule has 1 atom stereocenters. The highest BCUT2D eigenvalue weighted by Gasteiger charge is 2.16. The van der Waals surface area contributed by atoms with Crippen molar-refractivity contribution in [2.24, 2.45) is 0 Å². The second-order valence-electron chi connectivity index (χ2n) is 4.91. The summed E-state index contributed by atoms with van der Waals surface area (Å²) >= 11 is 0. The van der Waals surface area contributed by atoms with Gasteiger partial charge in [0.1, 0.15) is 17.3 Å². The fourth-order valence-corrected chi connectivity index (χ4v) is 1.92. The molecule has 0 saturated heterocycles. The van der Waals surface area contributed by atoms with E-state index in [9.17, 15) is 9.18 Å². The van der Waals surface area contributed by atoms with Gasteiger partial charge >= 0.3 is 0 Å². The van der Waals surface area contributed by atoms with Crippen molar-refractivity contribution in [1.82, 2.24) is 0 Å². The molecule has 0 aliphatic rings. The summed E-state index contributed by atoms with van der Waals surface area (Å²) in [6.45, 7) is 3.55. The fourth-order valence-electron chi connectivity index (χ4n) is 1.92. The summed E-state index contributed by atoms with van der Waals surface area (Å²) in [5, 5.41) is 2.77. The lowest BCUT2D eigenvalue weighted by molar-refractivity contribution is -0.122. The molecule has 22 heavy (non-hydrogen) atoms. The standard InChI is InChI=1S/C17H18FNO3/c1-11-4-9-16(21-3)15(10-11)19-17(20)12(2)22-14-7-5-13(18)6-8-14/h4-10,12H,1-3H3,(H,19,20)/t12-/m1/s1. The van der Waals surface area contributed by atoms with Crippen LogP contribution in [0.3, 0.4) is 0 Å². The Kier molecular flexibility index (Phi) is 4.99. The van der Waals surface area contributed by atoms with E-state index in [1.807, 2.05) is 19.1 Å². The van der Waals surface area contributed by atoms with Gasteiger partial charge in [-0.3, -0.25) is 4.79 Å². The van der Waals surface area contributed by atoms with Crippen molar-refractivity contribution < 1.29 is 18.7 Å². The van der Waals surface area contributed by atoms with E-state index in [0.29, 0.717) is 17.2 Å². The molecule has 2 aromatic carbocycles. The lowest BCUT2D eigenvalue weighted by atomic mass is 10.2. The Labute approximate surface area is 128 Å². The van der Waals surface area contributed by atoms with E-state index >= 15 is 0 Å². The minimum Gasteiger partial charge on any atom is -0.495 e. The third kappa shape index (κ3) is 3.97. The maximum Gasteiger partial charge on any atom is 0.265 e. The molecule has 1 amide bonds. The third-order valence-corrected chi connectivity index (χ3v) is 3.11. The van der Waals surface area contributed by atoms with Gasteiger partial charge in [0.15, 0.2) is 6.10 Å². The van der Waals surface area contributed by atoms with Crippen LogP contribution in [0, 0.1) is 12.7 Å². The van der Waals surface area contributed by atoms with Crippen molar-refractivity contribution >= 4 is 11.6 Å². The topological polar surface area (TPSA) is 47.6 Å². The molecule has 0 aliphatic carbocycles. The lowest BCUT2D eigenvalue weighted by Gasteiger charge is -2.16. The summed E-state index contributed by atoms with van der Waals surface area (Å²) in [6, 6.07) is 11.0. The van der Waals surface area contributed by atoms with Crippen LogP contribution in [0.4, 0.5) is 10.1 Å². The molecule has 0 bridgehead atoms. The fraction of sp³-hybridized carbons (Fsp3) is 0.235. The van der Waals surface area contributed by atoms with Crippen LogP contribution in [0.2, 0.25) is 0 Å². The van der Waals surface area contributed by atoms with E-state index in [2.05, 4.69) is 5.32 Å². The van der Waals surface area contributed by atoms with Crippen molar-refractivity contribution in [3.05, 3.63) is 53.8 Å². The molecule has 0 aliphatic heterocycles. The normalized spacial score (nSPS) is 11.6. The van der Waals surface area contributed by atoms with E-state index in [1.165, 1.54) is 24.3 Å². The van der Waals surface area contributed by atoms with Crippen LogP contribution in [0.5, 0.6) is 11.5 Å². The van der Waals surface area contributed by atoms with Crippen LogP contribution in [0.15, 0.2) is 42.5 Å². The van der Waals surface area contributed by atoms with Gasteiger partial charge in [-0.15, -0.1) is 0 Å². The Morgan fingerprint density at radius 1 is 1.18 bits per heavy atom. The number of benzene rings is 2. The van der Waals surface area contributed by atoms with Crippen LogP contribution in [0.1, 0.15) is 12.5 Å². The van der Waals surface area contributed by atoms with Gasteiger partial charge in [-0.25, -0.2) is 4.39 Å². The number of carbonyl (C=O) groups excluding carboxylic acids is 1. The summed E-state index contributed by atoms with van der Waals surface area (Å²) in [7, 11) is 1.54. The summed E-state index contributed by atoms with van der Waals surface area (Å²) in [4.78, 5) is 12.2. The largest absolute Gasteiger partial charge is 0.495 e. The first-order chi connectivity index (χ1) is 10.5. The molecular weight excluding hydrogens is 285 g/mol. The molecule has 0 radical (unpaired) electrons. The van der Waals surface area contributed by atoms with Gasteiger partial charge < -0.3 is 14.8 Å². The summed E-state index contributed by atoms with van der Waals surface area (Å²) in [6.07, 6.45) is -0.726. The Morgan fingerprint density at radius 3 is 2.50 bits per heavy atom. The van der Waals surface area contributed by atoms with Gasteiger partial charge in [-0.1, -0.05) is 6.07 Å². The monoisotopic (exact) mass is 303 g/mol. The maximum absolute atomic E-state index is 12.8. The highest BCUT2D eigenvalue weighted by Crippen LogP contribution is 2.25. The number of hydrogen-bond acceptors (Lipinski definition) is 3. The SMILES string of the molecule is COc1ccc(C)cc1NC(=O)[C@@H](C)Oc1ccc(F)cc1. The number of ether oxygens (including phenoxy) is 2. The Bertz CT molecular complexity index is 655. The van der Waals surface area contributed by atoms with Crippen LogP contribution < -0.4 is 14.8 Å². The average Bonchev–Trinajstić information content (AvgIpc) is 2.49. The molecule has 1 N–H and O–H groups in total. The molecule has 4 nitrogen and oxygen atoms in total. The zero-order chi connectivity index (χ0) is 16.1. The van der Waals surface area contributed by atoms with Gasteiger partial charge in [0, 0.05) is 0 Å². The minimum atomic E-state index is -0.726. The third-order valence-electron chi connectivity index (χ3n) is 3.11. The molecule has 116 valence electrons. The molecule has 0 spiro atoms. The zero-order valence-electron chi connectivity index (χ0n) is 12.7. The highest BCUT2D eigenvalue weighted by molar-refractivity contribution is 5.95. The summed E-state index contributed by atoms with van der Waals surface area (Å²) in [5.41, 5.74) is 1.59. The molecular formula is C17H18FNO3. The van der Waals surface area contributed by atoms with Gasteiger partial charge in [0.05, 0.1) is 12.8 Å². The molecule has 5 heteroatoms. The first-order valence-electron chi connectivity index (χ1n) is 6.87. The van der Waals surface area contributed by atoms with Gasteiger partial charge in [0.25, 0.3) is 5.91 Å². The molecule has 2 aromatic rings. The Morgan fingerprint density at radius 2 is 1.86 bits per heavy atom. The van der Waals surface area contributed by atoms with E-state index < -0.39 is 6.10 Å². The van der Waals surface area contributed by atoms with Crippen molar-refractivity contribution in [3.8, 4) is 11.5 Å². The molecule has 0 fully saturated rings. The minimum absolute atomic E-state index is 0.312. The number of carbonyl (C=O) groups is 1. The van der Waals surface area contributed by atoms with E-state index in [1.54, 1.807) is 20.1 Å². The van der Waals surface area contributed by atoms with Gasteiger partial charge in [-0.2, -0.15) is 0 Å². The van der Waals surface area contributed by atoms with Crippen molar-refractivity contribution in [2.75, 3.05) is 12.4 Å². The number of rotatable bonds is 5. The number of halogens is 1. The molecule has 2 rings (SSSR count). The molecule has 0 saturated carbocycles. The van der Waals surface area contributed by atoms with E-state index in [-0.39, 0.29) is 11.7 Å². The quantitative estimate of drug-likeness (QED) is 0.919. The van der Waals surface area contributed by atoms with Crippen molar-refractivity contribution in [1.29, 1.82) is 0 Å². The van der Waals surface area contributed by atoms with Crippen molar-refractivity contribution in [2.45, 2.75) is 20.0 Å². The molecule has 0 aromatic heterocycles. The van der Waals surface area contributed by atoms with E-state index in [0.717, 1.165) is 5.56 Å². The first kappa shape index (κ1) is 15.8. The number of hydrogen-bond donors (Lipinski definition) is 1. The highest BCUT2D eigenvalue weighted by atomic mass is 19.1. The molecule has 0 heterocycles. The number of nitrogens with one attached hydrogen (secondary N) is 1. The Balaban J connectivity index is 2.05. The predicted octanol–water partition coefficient (Wildman–Crippen LogP) is 3.55. The maximum atomic E-state index is 12.8. The predicted molar refractivity (Wildman–Crippen MR) is 82.9 cm³/mol. The number of aryl methyl sites for hydroxylation is 1. The summed E-state index contributed by atoms with van der Waals surface area (Å²) < 4.78 is 23.5. The number of amides is 1. The van der Waals surface area contributed by atoms with E-state index in [4.69, 9.17) is 9.47 Å². The Hall–Kier alpha value is -2.56. The number of anilines is 1. The second kappa shape index (κ2) is 6.93. The first-order valence-corrected chi connectivity index (χ1v) is 6.87. The number of methoxy groups -OCH3 is 1. The van der Waals surface area contributed by atoms with Crippen LogP contribution in [0.25, 0.3) is 0 Å². The van der Waals surface area contributed by atoms with Crippen LogP contribution in [-0.4, -0.2) is 19.1 Å². The van der Waals surface area contributed by atoms with Crippen molar-refractivity contribution in [3.63, 3.8) is 0 Å². The zero-order valence-corrected chi connectivity index (χ0v) is 12.7. The van der Waals surface area contributed by atoms with Crippen LogP contribution in [-0.2, 0) is 4.79 Å². The molecule has 0 unspecified atom stereocenters. The summed E-state index contributed by atoms with van der Waals surface area (Å²) in [5.74, 6) is 0.343. The van der Waals surface area contributed by atoms with Crippen LogP contribution >= 0.6 is 0 Å². The second-order valence-corrected chi connectivity index (χ2v) is 4.91. The smallest absolute Gasteiger partial charge is 0.265 e. The average molecular weight is 303 g/mol.